The Hall–Kier alpha value is -0.720. The highest BCUT2D eigenvalue weighted by Gasteiger charge is 2.61. The monoisotopic (exact) mass is 335 g/mol. The van der Waals surface area contributed by atoms with Gasteiger partial charge in [-0.15, -0.1) is 0 Å². The van der Waals surface area contributed by atoms with Gasteiger partial charge in [-0.2, -0.15) is 0 Å². The van der Waals surface area contributed by atoms with Gasteiger partial charge in [-0.3, -0.25) is 9.36 Å². The minimum atomic E-state index is -4.03. The van der Waals surface area contributed by atoms with Crippen molar-refractivity contribution < 1.29 is 23.5 Å². The maximum Gasteiger partial charge on any atom is 0.376 e. The Bertz CT molecular complexity index is 555. The van der Waals surface area contributed by atoms with Crippen LogP contribution in [0.5, 0.6) is 0 Å². The second-order valence-electron chi connectivity index (χ2n) is 3.68. The van der Waals surface area contributed by atoms with Gasteiger partial charge in [-0.25, -0.2) is 0 Å². The van der Waals surface area contributed by atoms with Crippen molar-refractivity contribution >= 4 is 35.1 Å². The molecule has 1 aromatic rings. The van der Waals surface area contributed by atoms with Gasteiger partial charge in [-0.1, -0.05) is 15.9 Å². The lowest BCUT2D eigenvalue weighted by molar-refractivity contribution is -0.127. The average Bonchev–Trinajstić information content (AvgIpc) is 2.62. The summed E-state index contributed by atoms with van der Waals surface area (Å²) >= 11 is 3.23. The van der Waals surface area contributed by atoms with Crippen molar-refractivity contribution in [3.63, 3.8) is 0 Å². The molecule has 1 aliphatic rings. The summed E-state index contributed by atoms with van der Waals surface area (Å²) in [7, 11) is -1.79. The predicted molar refractivity (Wildman–Crippen MR) is 68.3 cm³/mol. The van der Waals surface area contributed by atoms with E-state index in [-0.39, 0.29) is 5.56 Å². The van der Waals surface area contributed by atoms with E-state index in [1.54, 1.807) is 12.1 Å². The zero-order valence-corrected chi connectivity index (χ0v) is 12.1. The molecule has 0 unspecified atom stereocenters. The van der Waals surface area contributed by atoms with Gasteiger partial charge in [0, 0.05) is 29.9 Å². The van der Waals surface area contributed by atoms with Crippen molar-refractivity contribution in [2.45, 2.75) is 5.34 Å². The Morgan fingerprint density at radius 1 is 1.39 bits per heavy atom. The summed E-state index contributed by atoms with van der Waals surface area (Å²) in [6.45, 7) is 0. The van der Waals surface area contributed by atoms with Crippen molar-refractivity contribution in [2.24, 2.45) is 0 Å². The number of rotatable bonds is 3. The molecule has 8 heteroatoms. The lowest BCUT2D eigenvalue weighted by Crippen LogP contribution is -2.35. The van der Waals surface area contributed by atoms with Crippen LogP contribution in [0.1, 0.15) is 5.56 Å². The first kappa shape index (κ1) is 13.7. The first-order chi connectivity index (χ1) is 8.39. The van der Waals surface area contributed by atoms with E-state index in [0.29, 0.717) is 10.2 Å². The SMILES string of the molecule is COP(=O)(OC)[C@]1(O)C(=O)Nc2ccc(Br)cc21. The molecule has 0 aromatic heterocycles. The molecule has 0 spiro atoms. The number of carbonyl (C=O) groups is 1. The van der Waals surface area contributed by atoms with E-state index in [1.807, 2.05) is 0 Å². The molecule has 0 bridgehead atoms. The molecule has 1 aromatic carbocycles. The molecular formula is C10H11BrNO5P. The van der Waals surface area contributed by atoms with E-state index in [9.17, 15) is 14.5 Å². The third-order valence-electron chi connectivity index (χ3n) is 2.80. The van der Waals surface area contributed by atoms with Crippen LogP contribution >= 0.6 is 23.5 Å². The van der Waals surface area contributed by atoms with Gasteiger partial charge < -0.3 is 19.5 Å². The molecule has 1 heterocycles. The number of nitrogens with one attached hydrogen (secondary N) is 1. The molecule has 0 saturated carbocycles. The Kier molecular flexibility index (Phi) is 3.38. The summed E-state index contributed by atoms with van der Waals surface area (Å²) in [5.41, 5.74) is 0.536. The van der Waals surface area contributed by atoms with Crippen LogP contribution in [0.25, 0.3) is 0 Å². The molecule has 0 aliphatic carbocycles. The fourth-order valence-corrected chi connectivity index (χ4v) is 3.68. The van der Waals surface area contributed by atoms with Gasteiger partial charge in [-0.05, 0) is 18.2 Å². The maximum absolute atomic E-state index is 12.4. The smallest absolute Gasteiger partial charge is 0.366 e. The second-order valence-corrected chi connectivity index (χ2v) is 6.97. The highest BCUT2D eigenvalue weighted by atomic mass is 79.9. The topological polar surface area (TPSA) is 84.9 Å². The Labute approximate surface area is 112 Å². The van der Waals surface area contributed by atoms with E-state index >= 15 is 0 Å². The summed E-state index contributed by atoms with van der Waals surface area (Å²) < 4.78 is 22.5. The molecule has 0 fully saturated rings. The molecule has 1 atom stereocenters. The highest BCUT2D eigenvalue weighted by Crippen LogP contribution is 2.65. The fourth-order valence-electron chi connectivity index (χ4n) is 1.86. The van der Waals surface area contributed by atoms with Crippen LogP contribution in [0.4, 0.5) is 5.69 Å². The number of amides is 1. The average molecular weight is 336 g/mol. The van der Waals surface area contributed by atoms with Crippen molar-refractivity contribution in [3.05, 3.63) is 28.2 Å². The number of aliphatic hydroxyl groups is 1. The van der Waals surface area contributed by atoms with Crippen molar-refractivity contribution in [2.75, 3.05) is 19.5 Å². The first-order valence-electron chi connectivity index (χ1n) is 4.94. The number of benzene rings is 1. The van der Waals surface area contributed by atoms with Crippen molar-refractivity contribution in [1.29, 1.82) is 0 Å². The van der Waals surface area contributed by atoms with E-state index in [0.717, 1.165) is 14.2 Å². The van der Waals surface area contributed by atoms with Crippen LogP contribution in [0.3, 0.4) is 0 Å². The van der Waals surface area contributed by atoms with Crippen molar-refractivity contribution in [1.82, 2.24) is 0 Å². The predicted octanol–water partition coefficient (Wildman–Crippen LogP) is 2.03. The number of hydrogen-bond acceptors (Lipinski definition) is 5. The molecule has 1 aliphatic heterocycles. The quantitative estimate of drug-likeness (QED) is 0.825. The minimum absolute atomic E-state index is 0.161. The number of hydrogen-bond donors (Lipinski definition) is 2. The maximum atomic E-state index is 12.4. The molecule has 0 saturated heterocycles. The van der Waals surface area contributed by atoms with Gasteiger partial charge >= 0.3 is 7.60 Å². The van der Waals surface area contributed by atoms with Crippen LogP contribution < -0.4 is 5.32 Å². The standard InChI is InChI=1S/C10H11BrNO5P/c1-16-18(15,17-2)10(14)7-5-6(11)3-4-8(7)12-9(10)13/h3-5,14H,1-2H3,(H,12,13)/t10-/m0/s1. The first-order valence-corrected chi connectivity index (χ1v) is 7.28. The van der Waals surface area contributed by atoms with Crippen molar-refractivity contribution in [3.8, 4) is 0 Å². The Balaban J connectivity index is 2.69. The Morgan fingerprint density at radius 3 is 2.56 bits per heavy atom. The van der Waals surface area contributed by atoms with Gasteiger partial charge in [0.25, 0.3) is 11.2 Å². The molecular weight excluding hydrogens is 325 g/mol. The van der Waals surface area contributed by atoms with Gasteiger partial charge in [0.05, 0.1) is 0 Å². The molecule has 0 radical (unpaired) electrons. The third-order valence-corrected chi connectivity index (χ3v) is 5.49. The van der Waals surface area contributed by atoms with Gasteiger partial charge in [0.1, 0.15) is 0 Å². The summed E-state index contributed by atoms with van der Waals surface area (Å²) in [6, 6.07) is 4.78. The number of anilines is 1. The van der Waals surface area contributed by atoms with E-state index < -0.39 is 18.8 Å². The second kappa shape index (κ2) is 4.43. The van der Waals surface area contributed by atoms with Crippen LogP contribution in [0.2, 0.25) is 0 Å². The molecule has 1 amide bonds. The lowest BCUT2D eigenvalue weighted by Gasteiger charge is -2.27. The molecule has 18 heavy (non-hydrogen) atoms. The summed E-state index contributed by atoms with van der Waals surface area (Å²) in [6.07, 6.45) is 0. The normalized spacial score (nSPS) is 22.8. The van der Waals surface area contributed by atoms with Crippen LogP contribution in [-0.4, -0.2) is 25.2 Å². The van der Waals surface area contributed by atoms with E-state index in [1.165, 1.54) is 6.07 Å². The van der Waals surface area contributed by atoms with Crippen LogP contribution in [0, 0.1) is 0 Å². The zero-order chi connectivity index (χ0) is 13.6. The third kappa shape index (κ3) is 1.66. The number of halogens is 1. The largest absolute Gasteiger partial charge is 0.376 e. The summed E-state index contributed by atoms with van der Waals surface area (Å²) in [5.74, 6) is -0.831. The number of fused-ring (bicyclic) bond motifs is 1. The van der Waals surface area contributed by atoms with E-state index in [2.05, 4.69) is 21.2 Å². The zero-order valence-electron chi connectivity index (χ0n) is 9.64. The van der Waals surface area contributed by atoms with Gasteiger partial charge in [0.15, 0.2) is 0 Å². The minimum Gasteiger partial charge on any atom is -0.366 e. The molecule has 2 N–H and O–H groups in total. The molecule has 2 rings (SSSR count). The fraction of sp³-hybridized carbons (Fsp3) is 0.300. The van der Waals surface area contributed by atoms with E-state index in [4.69, 9.17) is 9.05 Å². The molecule has 98 valence electrons. The van der Waals surface area contributed by atoms with Crippen LogP contribution in [0.15, 0.2) is 22.7 Å². The van der Waals surface area contributed by atoms with Gasteiger partial charge in [0.2, 0.25) is 0 Å². The highest BCUT2D eigenvalue weighted by molar-refractivity contribution is 9.10. The van der Waals surface area contributed by atoms with Crippen LogP contribution in [-0.2, 0) is 23.7 Å². The Morgan fingerprint density at radius 2 is 2.00 bits per heavy atom. The number of carbonyl (C=O) groups excluding carboxylic acids is 1. The lowest BCUT2D eigenvalue weighted by atomic mass is 10.1. The summed E-state index contributed by atoms with van der Waals surface area (Å²) in [5, 5.41) is 10.6. The molecule has 6 nitrogen and oxygen atoms in total. The summed E-state index contributed by atoms with van der Waals surface area (Å²) in [4.78, 5) is 11.9.